The van der Waals surface area contributed by atoms with Gasteiger partial charge in [-0.15, -0.1) is 0 Å². The third kappa shape index (κ3) is 2.77. The van der Waals surface area contributed by atoms with Crippen LogP contribution in [0.1, 0.15) is 11.1 Å². The standard InChI is InChI=1S/C27H21N2O/c1-17-12-13-29(4)24(14-17)21-16-25-22(15-18(21)2)20-10-11-23(28-3)26(27(20)30-25)19-8-6-5-7-9-19/h5-16H,1-2,4H3/q+1. The van der Waals surface area contributed by atoms with Crippen LogP contribution in [0.3, 0.4) is 0 Å². The summed E-state index contributed by atoms with van der Waals surface area (Å²) in [6.45, 7) is 11.9. The number of aromatic nitrogens is 1. The van der Waals surface area contributed by atoms with Gasteiger partial charge in [0.25, 0.3) is 0 Å². The van der Waals surface area contributed by atoms with Crippen molar-refractivity contribution < 1.29 is 8.98 Å². The van der Waals surface area contributed by atoms with E-state index in [1.807, 2.05) is 42.5 Å². The number of aryl methyl sites for hydroxylation is 3. The van der Waals surface area contributed by atoms with Crippen LogP contribution in [-0.4, -0.2) is 0 Å². The zero-order valence-electron chi connectivity index (χ0n) is 17.2. The molecule has 0 aliphatic rings. The normalized spacial score (nSPS) is 11.1. The van der Waals surface area contributed by atoms with Crippen LogP contribution >= 0.6 is 0 Å². The number of nitrogens with zero attached hydrogens (tertiary/aromatic N) is 2. The molecule has 0 saturated heterocycles. The van der Waals surface area contributed by atoms with Gasteiger partial charge in [-0.2, -0.15) is 0 Å². The maximum Gasteiger partial charge on any atom is 0.212 e. The SMILES string of the molecule is [C-]#[N+]c1ccc2c(oc3cc(-c4cc(C)cc[n+]4C)c(C)cc32)c1-c1ccccc1. The van der Waals surface area contributed by atoms with E-state index in [0.29, 0.717) is 5.69 Å². The highest BCUT2D eigenvalue weighted by atomic mass is 16.3. The highest BCUT2D eigenvalue weighted by Crippen LogP contribution is 2.42. The minimum atomic E-state index is 0.606. The van der Waals surface area contributed by atoms with Crippen LogP contribution < -0.4 is 4.57 Å². The summed E-state index contributed by atoms with van der Waals surface area (Å²) in [5.74, 6) is 0. The Morgan fingerprint density at radius 1 is 0.900 bits per heavy atom. The first-order valence-corrected chi connectivity index (χ1v) is 9.96. The summed E-state index contributed by atoms with van der Waals surface area (Å²) in [7, 11) is 2.06. The summed E-state index contributed by atoms with van der Waals surface area (Å²) < 4.78 is 8.55. The van der Waals surface area contributed by atoms with Crippen LogP contribution in [0.4, 0.5) is 5.69 Å². The molecule has 0 fully saturated rings. The van der Waals surface area contributed by atoms with Crippen molar-refractivity contribution in [2.45, 2.75) is 13.8 Å². The zero-order valence-corrected chi connectivity index (χ0v) is 17.2. The summed E-state index contributed by atoms with van der Waals surface area (Å²) in [5, 5.41) is 2.12. The van der Waals surface area contributed by atoms with E-state index in [4.69, 9.17) is 11.0 Å². The average molecular weight is 389 g/mol. The Bertz CT molecular complexity index is 1470. The predicted octanol–water partition coefficient (Wildman–Crippen LogP) is 6.91. The van der Waals surface area contributed by atoms with E-state index in [1.165, 1.54) is 11.1 Å². The van der Waals surface area contributed by atoms with E-state index in [-0.39, 0.29) is 0 Å². The van der Waals surface area contributed by atoms with Crippen molar-refractivity contribution in [2.75, 3.05) is 0 Å². The van der Waals surface area contributed by atoms with Crippen molar-refractivity contribution >= 4 is 27.6 Å². The summed E-state index contributed by atoms with van der Waals surface area (Å²) in [6.07, 6.45) is 2.09. The molecule has 5 rings (SSSR count). The molecule has 0 amide bonds. The molecule has 2 heterocycles. The second kappa shape index (κ2) is 6.86. The molecule has 5 aromatic rings. The van der Waals surface area contributed by atoms with Crippen molar-refractivity contribution in [3.05, 3.63) is 95.5 Å². The summed E-state index contributed by atoms with van der Waals surface area (Å²) >= 11 is 0. The molecule has 0 atom stereocenters. The number of hydrogen-bond acceptors (Lipinski definition) is 1. The number of pyridine rings is 1. The Morgan fingerprint density at radius 2 is 1.70 bits per heavy atom. The van der Waals surface area contributed by atoms with Gasteiger partial charge in [-0.3, -0.25) is 0 Å². The molecule has 3 aromatic carbocycles. The largest absolute Gasteiger partial charge is 0.457 e. The van der Waals surface area contributed by atoms with Gasteiger partial charge in [-0.25, -0.2) is 9.41 Å². The quantitative estimate of drug-likeness (QED) is 0.237. The van der Waals surface area contributed by atoms with Crippen LogP contribution in [0, 0.1) is 20.4 Å². The Balaban J connectivity index is 1.84. The van der Waals surface area contributed by atoms with Crippen LogP contribution in [0.15, 0.2) is 77.3 Å². The van der Waals surface area contributed by atoms with Gasteiger partial charge in [0.1, 0.15) is 18.2 Å². The smallest absolute Gasteiger partial charge is 0.212 e. The molecule has 0 radical (unpaired) electrons. The minimum absolute atomic E-state index is 0.606. The predicted molar refractivity (Wildman–Crippen MR) is 122 cm³/mol. The van der Waals surface area contributed by atoms with Gasteiger partial charge < -0.3 is 4.42 Å². The summed E-state index contributed by atoms with van der Waals surface area (Å²) in [6, 6.07) is 22.6. The molecule has 2 aromatic heterocycles. The molecular weight excluding hydrogens is 368 g/mol. The zero-order chi connectivity index (χ0) is 20.8. The Hall–Kier alpha value is -3.90. The molecule has 0 N–H and O–H groups in total. The summed E-state index contributed by atoms with van der Waals surface area (Å²) in [4.78, 5) is 3.76. The fourth-order valence-corrected chi connectivity index (χ4v) is 4.18. The van der Waals surface area contributed by atoms with Crippen molar-refractivity contribution in [3.63, 3.8) is 0 Å². The van der Waals surface area contributed by atoms with Gasteiger partial charge in [0, 0.05) is 28.5 Å². The first kappa shape index (κ1) is 18.1. The van der Waals surface area contributed by atoms with E-state index in [9.17, 15) is 0 Å². The first-order chi connectivity index (χ1) is 14.6. The fraction of sp³-hybridized carbons (Fsp3) is 0.111. The lowest BCUT2D eigenvalue weighted by molar-refractivity contribution is -0.660. The van der Waals surface area contributed by atoms with Gasteiger partial charge >= 0.3 is 0 Å². The third-order valence-electron chi connectivity index (χ3n) is 5.73. The van der Waals surface area contributed by atoms with E-state index in [0.717, 1.165) is 44.3 Å². The number of furan rings is 1. The van der Waals surface area contributed by atoms with Crippen LogP contribution in [0.2, 0.25) is 0 Å². The molecule has 0 aliphatic carbocycles. The molecule has 0 spiro atoms. The van der Waals surface area contributed by atoms with E-state index < -0.39 is 0 Å². The van der Waals surface area contributed by atoms with Gasteiger partial charge in [0.05, 0.1) is 12.1 Å². The Labute approximate surface area is 175 Å². The van der Waals surface area contributed by atoms with Crippen molar-refractivity contribution in [2.24, 2.45) is 7.05 Å². The van der Waals surface area contributed by atoms with Crippen LogP contribution in [0.25, 0.3) is 49.2 Å². The fourth-order valence-electron chi connectivity index (χ4n) is 4.18. The van der Waals surface area contributed by atoms with Gasteiger partial charge in [-0.05, 0) is 42.7 Å². The third-order valence-corrected chi connectivity index (χ3v) is 5.73. The molecule has 144 valence electrons. The maximum atomic E-state index is 7.65. The molecule has 0 saturated carbocycles. The van der Waals surface area contributed by atoms with E-state index in [1.54, 1.807) is 0 Å². The molecule has 3 heteroatoms. The Morgan fingerprint density at radius 3 is 2.47 bits per heavy atom. The van der Waals surface area contributed by atoms with Gasteiger partial charge in [0.15, 0.2) is 11.9 Å². The molecule has 3 nitrogen and oxygen atoms in total. The van der Waals surface area contributed by atoms with Crippen LogP contribution in [-0.2, 0) is 7.05 Å². The number of hydrogen-bond donors (Lipinski definition) is 0. The average Bonchev–Trinajstić information content (AvgIpc) is 3.12. The summed E-state index contributed by atoms with van der Waals surface area (Å²) in [5.41, 5.74) is 8.80. The van der Waals surface area contributed by atoms with E-state index in [2.05, 4.69) is 60.8 Å². The highest BCUT2D eigenvalue weighted by Gasteiger charge is 2.20. The number of fused-ring (bicyclic) bond motifs is 3. The molecular formula is C27H21N2O+. The van der Waals surface area contributed by atoms with Crippen molar-refractivity contribution in [3.8, 4) is 22.4 Å². The highest BCUT2D eigenvalue weighted by molar-refractivity contribution is 6.13. The van der Waals surface area contributed by atoms with Gasteiger partial charge in [0.2, 0.25) is 5.69 Å². The molecule has 0 bridgehead atoms. The monoisotopic (exact) mass is 389 g/mol. The lowest BCUT2D eigenvalue weighted by atomic mass is 9.98. The van der Waals surface area contributed by atoms with Crippen molar-refractivity contribution in [1.29, 1.82) is 0 Å². The first-order valence-electron chi connectivity index (χ1n) is 9.96. The van der Waals surface area contributed by atoms with Gasteiger partial charge in [-0.1, -0.05) is 42.5 Å². The lowest BCUT2D eigenvalue weighted by Crippen LogP contribution is -2.30. The number of rotatable bonds is 2. The van der Waals surface area contributed by atoms with E-state index >= 15 is 0 Å². The Kier molecular flexibility index (Phi) is 4.15. The number of benzene rings is 3. The van der Waals surface area contributed by atoms with Crippen molar-refractivity contribution in [1.82, 2.24) is 0 Å². The molecule has 0 unspecified atom stereocenters. The second-order valence-electron chi connectivity index (χ2n) is 7.78. The van der Waals surface area contributed by atoms with Crippen LogP contribution in [0.5, 0.6) is 0 Å². The molecule has 30 heavy (non-hydrogen) atoms. The topological polar surface area (TPSA) is 21.4 Å². The molecule has 0 aliphatic heterocycles. The lowest BCUT2D eigenvalue weighted by Gasteiger charge is -2.05. The minimum Gasteiger partial charge on any atom is -0.457 e. The maximum absolute atomic E-state index is 7.65. The second-order valence-corrected chi connectivity index (χ2v) is 7.78.